The van der Waals surface area contributed by atoms with Gasteiger partial charge in [0.05, 0.1) is 0 Å². The predicted octanol–water partition coefficient (Wildman–Crippen LogP) is 3.95. The number of unbranched alkanes of at least 4 members (excludes halogenated alkanes) is 1. The molecule has 0 N–H and O–H groups in total. The fourth-order valence-corrected chi connectivity index (χ4v) is 1.16. The minimum Gasteiger partial charge on any atom is -0.358 e. The van der Waals surface area contributed by atoms with Crippen molar-refractivity contribution in [3.8, 4) is 0 Å². The van der Waals surface area contributed by atoms with Crippen molar-refractivity contribution in [2.45, 2.75) is 33.1 Å². The molecule has 1 aromatic rings. The molecule has 1 radical (unpaired) electrons. The van der Waals surface area contributed by atoms with E-state index in [9.17, 15) is 0 Å². The molecule has 0 bridgehead atoms. The smallest absolute Gasteiger partial charge is 0.358 e. The van der Waals surface area contributed by atoms with E-state index < -0.39 is 0 Å². The molecule has 0 atom stereocenters. The molecule has 73 valence electrons. The van der Waals surface area contributed by atoms with Gasteiger partial charge in [0.15, 0.2) is 0 Å². The molecule has 1 aromatic carbocycles. The van der Waals surface area contributed by atoms with Crippen LogP contribution < -0.4 is 0 Å². The maximum atomic E-state index is 2.27. The first-order chi connectivity index (χ1) is 4.83. The second kappa shape index (κ2) is 10.3. The van der Waals surface area contributed by atoms with Crippen molar-refractivity contribution in [3.05, 3.63) is 44.2 Å². The molecule has 0 heterocycles. The molecule has 0 aliphatic carbocycles. The maximum Gasteiger partial charge on any atom is 3.00 e. The molecule has 0 saturated heterocycles. The second-order valence-electron chi connectivity index (χ2n) is 2.90. The zero-order chi connectivity index (χ0) is 7.40. The summed E-state index contributed by atoms with van der Waals surface area (Å²) in [7, 11) is 0. The van der Waals surface area contributed by atoms with E-state index in [1.807, 2.05) is 0 Å². The molecule has 13 heavy (non-hydrogen) atoms. The van der Waals surface area contributed by atoms with E-state index in [4.69, 9.17) is 0 Å². The molecule has 1 rings (SSSR count). The van der Waals surface area contributed by atoms with Crippen molar-refractivity contribution in [2.75, 3.05) is 0 Å². The van der Waals surface area contributed by atoms with Gasteiger partial charge in [-0.1, -0.05) is 33.1 Å². The van der Waals surface area contributed by atoms with Crippen LogP contribution in [-0.4, -0.2) is 0 Å². The molecule has 0 fully saturated rings. The monoisotopic (exact) mass is 255 g/mol. The summed E-state index contributed by atoms with van der Waals surface area (Å²) in [5.74, 6) is 0. The molecule has 0 nitrogen and oxygen atoms in total. The van der Waals surface area contributed by atoms with Gasteiger partial charge in [-0.3, -0.25) is 0 Å². The first-order valence-corrected chi connectivity index (χ1v) is 4.05. The summed E-state index contributed by atoms with van der Waals surface area (Å²) >= 11 is 0. The van der Waals surface area contributed by atoms with Gasteiger partial charge in [-0.15, -0.1) is 0 Å². The Labute approximate surface area is 103 Å². The number of hydrogen-bond donors (Lipinski definition) is 0. The van der Waals surface area contributed by atoms with Gasteiger partial charge in [0.25, 0.3) is 0 Å². The number of hydrogen-bond acceptors (Lipinski definition) is 0. The standard InChI is InChI=1S/C10H15.2CH3.Zr/c1-3-4-5-10-7-6-9(2)8-10;;;/h6-8H,3-5H2,1-2H3;2*1H3;/q3*-1;+3. The van der Waals surface area contributed by atoms with Crippen LogP contribution in [0.25, 0.3) is 0 Å². The molecule has 0 aromatic heterocycles. The largest absolute Gasteiger partial charge is 3.00 e. The fraction of sp³-hybridized carbons (Fsp3) is 0.417. The molecule has 0 unspecified atom stereocenters. The van der Waals surface area contributed by atoms with E-state index in [1.165, 1.54) is 30.4 Å². The molecule has 0 spiro atoms. The van der Waals surface area contributed by atoms with E-state index >= 15 is 0 Å². The third-order valence-electron chi connectivity index (χ3n) is 1.79. The SMILES string of the molecule is CCCC[c-]1ccc(C)c1.[CH3-].[CH3-].[Zr+3]. The topological polar surface area (TPSA) is 0 Å². The minimum atomic E-state index is 0. The predicted molar refractivity (Wildman–Crippen MR) is 58.2 cm³/mol. The Morgan fingerprint density at radius 3 is 2.31 bits per heavy atom. The van der Waals surface area contributed by atoms with Crippen LogP contribution in [0.4, 0.5) is 0 Å². The molecule has 0 saturated carbocycles. The van der Waals surface area contributed by atoms with Crippen LogP contribution in [0.2, 0.25) is 0 Å². The zero-order valence-electron chi connectivity index (χ0n) is 9.35. The van der Waals surface area contributed by atoms with Gasteiger partial charge < -0.3 is 14.9 Å². The second-order valence-corrected chi connectivity index (χ2v) is 2.90. The average molecular weight is 257 g/mol. The van der Waals surface area contributed by atoms with Gasteiger partial charge >= 0.3 is 26.2 Å². The van der Waals surface area contributed by atoms with E-state index in [0.29, 0.717) is 0 Å². The molecule has 1 heteroatoms. The maximum absolute atomic E-state index is 2.27. The van der Waals surface area contributed by atoms with Crippen LogP contribution >= 0.6 is 0 Å². The summed E-state index contributed by atoms with van der Waals surface area (Å²) < 4.78 is 0. The van der Waals surface area contributed by atoms with Gasteiger partial charge in [0, 0.05) is 0 Å². The van der Waals surface area contributed by atoms with Gasteiger partial charge in [-0.25, -0.2) is 11.6 Å². The Hall–Kier alpha value is 0.233. The Balaban J connectivity index is -0.000000333. The summed E-state index contributed by atoms with van der Waals surface area (Å²) in [6.07, 6.45) is 3.87. The minimum absolute atomic E-state index is 0. The summed E-state index contributed by atoms with van der Waals surface area (Å²) in [6.45, 7) is 4.38. The summed E-state index contributed by atoms with van der Waals surface area (Å²) in [5.41, 5.74) is 2.89. The van der Waals surface area contributed by atoms with Gasteiger partial charge in [0.1, 0.15) is 0 Å². The molecule has 0 aliphatic rings. The van der Waals surface area contributed by atoms with Crippen LogP contribution in [-0.2, 0) is 32.6 Å². The van der Waals surface area contributed by atoms with Crippen LogP contribution in [0.3, 0.4) is 0 Å². The van der Waals surface area contributed by atoms with E-state index in [1.54, 1.807) is 0 Å². The van der Waals surface area contributed by atoms with Gasteiger partial charge in [-0.2, -0.15) is 17.7 Å². The van der Waals surface area contributed by atoms with Crippen LogP contribution in [0.1, 0.15) is 30.9 Å². The van der Waals surface area contributed by atoms with Gasteiger partial charge in [-0.05, 0) is 0 Å². The van der Waals surface area contributed by atoms with E-state index in [0.717, 1.165) is 0 Å². The third kappa shape index (κ3) is 7.32. The van der Waals surface area contributed by atoms with E-state index in [2.05, 4.69) is 32.0 Å². The quantitative estimate of drug-likeness (QED) is 0.718. The fourth-order valence-electron chi connectivity index (χ4n) is 1.16. The first-order valence-electron chi connectivity index (χ1n) is 4.05. The number of rotatable bonds is 3. The van der Waals surface area contributed by atoms with Crippen molar-refractivity contribution >= 4 is 0 Å². The summed E-state index contributed by atoms with van der Waals surface area (Å²) in [4.78, 5) is 0. The summed E-state index contributed by atoms with van der Waals surface area (Å²) in [5, 5.41) is 0. The Morgan fingerprint density at radius 1 is 1.31 bits per heavy atom. The average Bonchev–Trinajstić information content (AvgIpc) is 2.31. The Kier molecular flexibility index (Phi) is 15.0. The Bertz CT molecular complexity index is 189. The molecule has 0 aliphatic heterocycles. The third-order valence-corrected chi connectivity index (χ3v) is 1.79. The number of aryl methyl sites for hydroxylation is 2. The Morgan fingerprint density at radius 2 is 1.92 bits per heavy atom. The zero-order valence-corrected chi connectivity index (χ0v) is 11.8. The van der Waals surface area contributed by atoms with Crippen LogP contribution in [0.15, 0.2) is 18.2 Å². The van der Waals surface area contributed by atoms with Crippen LogP contribution in [0, 0.1) is 21.8 Å². The normalized spacial score (nSPS) is 7.85. The molecule has 0 amide bonds. The first kappa shape index (κ1) is 18.9. The van der Waals surface area contributed by atoms with Crippen molar-refractivity contribution < 1.29 is 26.2 Å². The van der Waals surface area contributed by atoms with Gasteiger partial charge in [0.2, 0.25) is 0 Å². The van der Waals surface area contributed by atoms with Crippen LogP contribution in [0.5, 0.6) is 0 Å². The van der Waals surface area contributed by atoms with Crippen molar-refractivity contribution in [1.29, 1.82) is 0 Å². The molecular weight excluding hydrogens is 235 g/mol. The molecular formula is C12H21Zr. The van der Waals surface area contributed by atoms with E-state index in [-0.39, 0.29) is 41.1 Å². The summed E-state index contributed by atoms with van der Waals surface area (Å²) in [6, 6.07) is 6.69. The van der Waals surface area contributed by atoms with Crippen molar-refractivity contribution in [1.82, 2.24) is 0 Å². The van der Waals surface area contributed by atoms with Crippen molar-refractivity contribution in [3.63, 3.8) is 0 Å². The van der Waals surface area contributed by atoms with Crippen molar-refractivity contribution in [2.24, 2.45) is 0 Å².